The van der Waals surface area contributed by atoms with Crippen molar-refractivity contribution in [2.45, 2.75) is 37.2 Å². The van der Waals surface area contributed by atoms with Gasteiger partial charge in [0.05, 0.1) is 32.6 Å². The molecule has 0 aliphatic carbocycles. The molecule has 176 valence electrons. The van der Waals surface area contributed by atoms with Gasteiger partial charge in [-0.15, -0.1) is 0 Å². The molecule has 1 heterocycles. The third-order valence-electron chi connectivity index (χ3n) is 5.98. The molecule has 0 saturated carbocycles. The molecule has 3 aromatic rings. The van der Waals surface area contributed by atoms with Gasteiger partial charge in [-0.3, -0.25) is 0 Å². The van der Waals surface area contributed by atoms with Crippen molar-refractivity contribution in [3.05, 3.63) is 111 Å². The molecular weight excluding hydrogens is 493 g/mol. The van der Waals surface area contributed by atoms with Crippen LogP contribution in [-0.2, 0) is 14.8 Å². The maximum Gasteiger partial charge on any atom is 0.333 e. The van der Waals surface area contributed by atoms with Crippen LogP contribution in [0.2, 0.25) is 10.0 Å². The van der Waals surface area contributed by atoms with Crippen molar-refractivity contribution in [1.29, 1.82) is 0 Å². The number of halogens is 2. The Morgan fingerprint density at radius 1 is 0.882 bits per heavy atom. The molecule has 8 heteroatoms. The van der Waals surface area contributed by atoms with E-state index >= 15 is 0 Å². The van der Waals surface area contributed by atoms with E-state index < -0.39 is 28.1 Å². The molecule has 0 spiro atoms. The van der Waals surface area contributed by atoms with Crippen molar-refractivity contribution in [3.8, 4) is 0 Å². The SMILES string of the molecule is Cc1ccc([C@H]2C(C(=O)O)=CC[C@@H](c3ccc(Cl)c(Cl)c3)N2S(=O)(=O)c2ccc(C)cc2)cc1. The van der Waals surface area contributed by atoms with Crippen LogP contribution in [0, 0.1) is 13.8 Å². The van der Waals surface area contributed by atoms with E-state index in [1.807, 2.05) is 26.0 Å². The molecule has 0 aromatic heterocycles. The first-order chi connectivity index (χ1) is 16.1. The van der Waals surface area contributed by atoms with E-state index in [1.54, 1.807) is 60.7 Å². The maximum atomic E-state index is 14.1. The lowest BCUT2D eigenvalue weighted by molar-refractivity contribution is -0.133. The lowest BCUT2D eigenvalue weighted by Crippen LogP contribution is -2.42. The molecule has 0 saturated heterocycles. The first-order valence-corrected chi connectivity index (χ1v) is 12.8. The minimum Gasteiger partial charge on any atom is -0.478 e. The van der Waals surface area contributed by atoms with E-state index in [0.717, 1.165) is 11.1 Å². The number of aryl methyl sites for hydroxylation is 2. The van der Waals surface area contributed by atoms with Crippen molar-refractivity contribution in [1.82, 2.24) is 4.31 Å². The van der Waals surface area contributed by atoms with Crippen LogP contribution in [-0.4, -0.2) is 23.8 Å². The lowest BCUT2D eigenvalue weighted by atomic mass is 9.89. The summed E-state index contributed by atoms with van der Waals surface area (Å²) in [6, 6.07) is 17.0. The highest BCUT2D eigenvalue weighted by atomic mass is 35.5. The largest absolute Gasteiger partial charge is 0.478 e. The van der Waals surface area contributed by atoms with Gasteiger partial charge in [0.2, 0.25) is 10.0 Å². The first kappa shape index (κ1) is 24.5. The van der Waals surface area contributed by atoms with Gasteiger partial charge in [0.25, 0.3) is 0 Å². The predicted octanol–water partition coefficient (Wildman–Crippen LogP) is 6.50. The lowest BCUT2D eigenvalue weighted by Gasteiger charge is -2.40. The highest BCUT2D eigenvalue weighted by Gasteiger charge is 2.44. The number of nitrogens with zero attached hydrogens (tertiary/aromatic N) is 1. The zero-order valence-electron chi connectivity index (χ0n) is 18.6. The number of carboxylic acid groups (broad SMARTS) is 1. The van der Waals surface area contributed by atoms with Crippen LogP contribution in [0.25, 0.3) is 0 Å². The van der Waals surface area contributed by atoms with E-state index in [2.05, 4.69) is 0 Å². The van der Waals surface area contributed by atoms with E-state index in [1.165, 1.54) is 4.31 Å². The highest BCUT2D eigenvalue weighted by molar-refractivity contribution is 7.89. The van der Waals surface area contributed by atoms with Gasteiger partial charge in [-0.25, -0.2) is 13.2 Å². The molecular formula is C26H23Cl2NO4S. The molecule has 5 nitrogen and oxygen atoms in total. The van der Waals surface area contributed by atoms with Gasteiger partial charge in [0.1, 0.15) is 0 Å². The van der Waals surface area contributed by atoms with Crippen molar-refractivity contribution >= 4 is 39.2 Å². The number of aliphatic carboxylic acids is 1. The Labute approximate surface area is 209 Å². The maximum absolute atomic E-state index is 14.1. The fourth-order valence-electron chi connectivity index (χ4n) is 4.19. The molecule has 0 bridgehead atoms. The Morgan fingerprint density at radius 2 is 1.44 bits per heavy atom. The van der Waals surface area contributed by atoms with Crippen molar-refractivity contribution < 1.29 is 18.3 Å². The van der Waals surface area contributed by atoms with E-state index in [9.17, 15) is 18.3 Å². The third kappa shape index (κ3) is 4.64. The van der Waals surface area contributed by atoms with Crippen LogP contribution in [0.5, 0.6) is 0 Å². The molecule has 0 unspecified atom stereocenters. The highest BCUT2D eigenvalue weighted by Crippen LogP contribution is 2.46. The number of hydrogen-bond donors (Lipinski definition) is 1. The summed E-state index contributed by atoms with van der Waals surface area (Å²) < 4.78 is 29.5. The molecule has 2 atom stereocenters. The molecule has 34 heavy (non-hydrogen) atoms. The Hall–Kier alpha value is -2.64. The summed E-state index contributed by atoms with van der Waals surface area (Å²) in [4.78, 5) is 12.4. The van der Waals surface area contributed by atoms with Crippen molar-refractivity contribution in [2.75, 3.05) is 0 Å². The second-order valence-corrected chi connectivity index (χ2v) is 11.0. The topological polar surface area (TPSA) is 74.7 Å². The molecule has 0 amide bonds. The molecule has 3 aromatic carbocycles. The summed E-state index contributed by atoms with van der Waals surface area (Å²) >= 11 is 12.4. The molecule has 1 aliphatic heterocycles. The van der Waals surface area contributed by atoms with Crippen molar-refractivity contribution in [3.63, 3.8) is 0 Å². The van der Waals surface area contributed by atoms with Gasteiger partial charge < -0.3 is 5.11 Å². The van der Waals surface area contributed by atoms with Crippen LogP contribution >= 0.6 is 23.2 Å². The molecule has 4 rings (SSSR count). The molecule has 0 fully saturated rings. The quantitative estimate of drug-likeness (QED) is 0.420. The summed E-state index contributed by atoms with van der Waals surface area (Å²) in [6.45, 7) is 3.79. The van der Waals surface area contributed by atoms with Crippen LogP contribution in [0.15, 0.2) is 83.3 Å². The summed E-state index contributed by atoms with van der Waals surface area (Å²) in [5.74, 6) is -1.16. The number of carbonyl (C=O) groups is 1. The van der Waals surface area contributed by atoms with Gasteiger partial charge in [-0.05, 0) is 55.7 Å². The van der Waals surface area contributed by atoms with Gasteiger partial charge in [0, 0.05) is 0 Å². The van der Waals surface area contributed by atoms with E-state index in [4.69, 9.17) is 23.2 Å². The molecule has 0 radical (unpaired) electrons. The fourth-order valence-corrected chi connectivity index (χ4v) is 6.28. The number of rotatable bonds is 5. The zero-order chi connectivity index (χ0) is 24.6. The van der Waals surface area contributed by atoms with Gasteiger partial charge in [0.15, 0.2) is 0 Å². The summed E-state index contributed by atoms with van der Waals surface area (Å²) in [5, 5.41) is 10.7. The van der Waals surface area contributed by atoms with Gasteiger partial charge >= 0.3 is 5.97 Å². The van der Waals surface area contributed by atoms with E-state index in [0.29, 0.717) is 21.2 Å². The second-order valence-electron chi connectivity index (χ2n) is 8.35. The van der Waals surface area contributed by atoms with Crippen LogP contribution < -0.4 is 0 Å². The fraction of sp³-hybridized carbons (Fsp3) is 0.192. The zero-order valence-corrected chi connectivity index (χ0v) is 20.9. The van der Waals surface area contributed by atoms with Gasteiger partial charge in [-0.2, -0.15) is 4.31 Å². The average Bonchev–Trinajstić information content (AvgIpc) is 2.80. The summed E-state index contributed by atoms with van der Waals surface area (Å²) in [6.07, 6.45) is 1.77. The first-order valence-electron chi connectivity index (χ1n) is 10.6. The monoisotopic (exact) mass is 515 g/mol. The minimum absolute atomic E-state index is 0.0100. The Kier molecular flexibility index (Phi) is 6.87. The molecule has 1 aliphatic rings. The smallest absolute Gasteiger partial charge is 0.333 e. The number of benzene rings is 3. The number of carboxylic acids is 1. The van der Waals surface area contributed by atoms with Crippen LogP contribution in [0.1, 0.15) is 40.8 Å². The molecule has 1 N–H and O–H groups in total. The summed E-state index contributed by atoms with van der Waals surface area (Å²) in [7, 11) is -4.12. The average molecular weight is 516 g/mol. The standard InChI is InChI=1S/C26H23Cl2NO4S/c1-16-3-7-18(8-4-16)25-21(26(30)31)12-14-24(19-9-13-22(27)23(28)15-19)29(25)34(32,33)20-10-5-17(2)6-11-20/h3-13,15,24-25H,14H2,1-2H3,(H,30,31)/t24-,25-/m0/s1. The van der Waals surface area contributed by atoms with Crippen LogP contribution in [0.3, 0.4) is 0 Å². The van der Waals surface area contributed by atoms with E-state index in [-0.39, 0.29) is 16.9 Å². The second kappa shape index (κ2) is 9.55. The Bertz CT molecular complexity index is 1370. The summed E-state index contributed by atoms with van der Waals surface area (Å²) in [5.41, 5.74) is 3.10. The number of sulfonamides is 1. The third-order valence-corrected chi connectivity index (χ3v) is 8.61. The predicted molar refractivity (Wildman–Crippen MR) is 134 cm³/mol. The Morgan fingerprint density at radius 3 is 2.00 bits per heavy atom. The minimum atomic E-state index is -4.12. The van der Waals surface area contributed by atoms with Crippen molar-refractivity contribution in [2.24, 2.45) is 0 Å². The van der Waals surface area contributed by atoms with Crippen LogP contribution in [0.4, 0.5) is 0 Å². The Balaban J connectivity index is 1.97. The normalized spacial score (nSPS) is 19.0. The number of hydrogen-bond acceptors (Lipinski definition) is 3. The van der Waals surface area contributed by atoms with Gasteiger partial charge in [-0.1, -0.05) is 82.9 Å².